The van der Waals surface area contributed by atoms with Crippen LogP contribution in [0.1, 0.15) is 40.4 Å². The molecular formula is C20H18N2O2. The van der Waals surface area contributed by atoms with Crippen LogP contribution >= 0.6 is 0 Å². The highest BCUT2D eigenvalue weighted by Crippen LogP contribution is 2.31. The van der Waals surface area contributed by atoms with E-state index in [0.29, 0.717) is 5.52 Å². The van der Waals surface area contributed by atoms with E-state index in [1.54, 1.807) is 18.3 Å². The number of pyridine rings is 1. The number of hydrogen-bond donors (Lipinski definition) is 2. The molecule has 1 unspecified atom stereocenters. The Morgan fingerprint density at radius 3 is 2.92 bits per heavy atom. The first kappa shape index (κ1) is 14.7. The van der Waals surface area contributed by atoms with E-state index in [2.05, 4.69) is 22.4 Å². The molecule has 0 fully saturated rings. The maximum atomic E-state index is 12.7. The summed E-state index contributed by atoms with van der Waals surface area (Å²) in [5.74, 6) is -0.323. The van der Waals surface area contributed by atoms with Gasteiger partial charge in [-0.2, -0.15) is 0 Å². The third kappa shape index (κ3) is 2.50. The highest BCUT2D eigenvalue weighted by molar-refractivity contribution is 6.02. The van der Waals surface area contributed by atoms with Crippen molar-refractivity contribution in [3.05, 3.63) is 71.4 Å². The molecule has 1 aliphatic rings. The third-order valence-electron chi connectivity index (χ3n) is 4.67. The van der Waals surface area contributed by atoms with Gasteiger partial charge in [-0.25, -0.2) is 0 Å². The molecule has 24 heavy (non-hydrogen) atoms. The number of phenols is 1. The van der Waals surface area contributed by atoms with Gasteiger partial charge in [0.25, 0.3) is 5.91 Å². The van der Waals surface area contributed by atoms with E-state index < -0.39 is 0 Å². The third-order valence-corrected chi connectivity index (χ3v) is 4.67. The van der Waals surface area contributed by atoms with Gasteiger partial charge >= 0.3 is 0 Å². The Balaban J connectivity index is 1.65. The van der Waals surface area contributed by atoms with Crippen LogP contribution in [0.5, 0.6) is 5.75 Å². The van der Waals surface area contributed by atoms with Crippen molar-refractivity contribution in [3.63, 3.8) is 0 Å². The minimum atomic E-state index is -0.262. The molecule has 4 rings (SSSR count). The van der Waals surface area contributed by atoms with Gasteiger partial charge in [0.05, 0.1) is 11.6 Å². The standard InChI is InChI=1S/C20H18N2O2/c23-19-16(11-10-14-7-4-12-21-18(14)19)20(24)22-17-9-3-6-13-5-1-2-8-15(13)17/h1-2,4-5,7-8,10-12,17,23H,3,6,9H2,(H,22,24). The summed E-state index contributed by atoms with van der Waals surface area (Å²) in [4.78, 5) is 16.9. The number of rotatable bonds is 2. The molecule has 1 amide bonds. The number of amides is 1. The van der Waals surface area contributed by atoms with Gasteiger partial charge in [0.15, 0.2) is 5.75 Å². The molecule has 2 N–H and O–H groups in total. The van der Waals surface area contributed by atoms with E-state index in [1.807, 2.05) is 24.3 Å². The van der Waals surface area contributed by atoms with Gasteiger partial charge in [-0.1, -0.05) is 36.4 Å². The van der Waals surface area contributed by atoms with Crippen molar-refractivity contribution >= 4 is 16.8 Å². The number of carbonyl (C=O) groups excluding carboxylic acids is 1. The van der Waals surface area contributed by atoms with Crippen LogP contribution in [-0.2, 0) is 6.42 Å². The lowest BCUT2D eigenvalue weighted by molar-refractivity contribution is 0.0930. The summed E-state index contributed by atoms with van der Waals surface area (Å²) < 4.78 is 0. The Bertz CT molecular complexity index is 920. The molecule has 0 radical (unpaired) electrons. The fraction of sp³-hybridized carbons (Fsp3) is 0.200. The summed E-state index contributed by atoms with van der Waals surface area (Å²) in [6.07, 6.45) is 4.62. The fourth-order valence-electron chi connectivity index (χ4n) is 3.45. The van der Waals surface area contributed by atoms with Gasteiger partial charge < -0.3 is 10.4 Å². The Labute approximate surface area is 140 Å². The summed E-state index contributed by atoms with van der Waals surface area (Å²) in [7, 11) is 0. The lowest BCUT2D eigenvalue weighted by Gasteiger charge is -2.26. The molecule has 0 bridgehead atoms. The second-order valence-electron chi connectivity index (χ2n) is 6.15. The fourth-order valence-corrected chi connectivity index (χ4v) is 3.45. The Kier molecular flexibility index (Phi) is 3.65. The molecule has 0 saturated carbocycles. The van der Waals surface area contributed by atoms with E-state index in [4.69, 9.17) is 0 Å². The first-order valence-electron chi connectivity index (χ1n) is 8.19. The van der Waals surface area contributed by atoms with Crippen LogP contribution < -0.4 is 5.32 Å². The Morgan fingerprint density at radius 1 is 1.12 bits per heavy atom. The van der Waals surface area contributed by atoms with Gasteiger partial charge in [-0.05, 0) is 42.5 Å². The maximum Gasteiger partial charge on any atom is 0.255 e. The van der Waals surface area contributed by atoms with Crippen LogP contribution in [0.15, 0.2) is 54.7 Å². The normalized spacial score (nSPS) is 16.6. The van der Waals surface area contributed by atoms with Gasteiger partial charge in [0, 0.05) is 11.6 Å². The number of nitrogens with zero attached hydrogens (tertiary/aromatic N) is 1. The summed E-state index contributed by atoms with van der Waals surface area (Å²) in [5.41, 5.74) is 3.19. The number of nitrogens with one attached hydrogen (secondary N) is 1. The molecule has 1 aromatic heterocycles. The maximum absolute atomic E-state index is 12.7. The number of carbonyl (C=O) groups is 1. The molecular weight excluding hydrogens is 300 g/mol. The van der Waals surface area contributed by atoms with Gasteiger partial charge in [-0.15, -0.1) is 0 Å². The van der Waals surface area contributed by atoms with E-state index >= 15 is 0 Å². The molecule has 1 aliphatic carbocycles. The number of fused-ring (bicyclic) bond motifs is 2. The minimum Gasteiger partial charge on any atom is -0.505 e. The second-order valence-corrected chi connectivity index (χ2v) is 6.15. The van der Waals surface area contributed by atoms with E-state index in [-0.39, 0.29) is 23.3 Å². The number of aromatic hydroxyl groups is 1. The highest BCUT2D eigenvalue weighted by atomic mass is 16.3. The average molecular weight is 318 g/mol. The quantitative estimate of drug-likeness (QED) is 0.756. The van der Waals surface area contributed by atoms with Crippen molar-refractivity contribution in [1.29, 1.82) is 0 Å². The van der Waals surface area contributed by atoms with Crippen LogP contribution in [0.3, 0.4) is 0 Å². The zero-order chi connectivity index (χ0) is 16.5. The van der Waals surface area contributed by atoms with E-state index in [9.17, 15) is 9.90 Å². The minimum absolute atomic E-state index is 0.0127. The first-order valence-corrected chi connectivity index (χ1v) is 8.19. The SMILES string of the molecule is O=C(NC1CCCc2ccccc21)c1ccc2cccnc2c1O. The van der Waals surface area contributed by atoms with Crippen molar-refractivity contribution in [2.45, 2.75) is 25.3 Å². The van der Waals surface area contributed by atoms with Crippen LogP contribution in [0.2, 0.25) is 0 Å². The van der Waals surface area contributed by atoms with E-state index in [1.165, 1.54) is 11.1 Å². The predicted octanol–water partition coefficient (Wildman–Crippen LogP) is 3.75. The number of aromatic nitrogens is 1. The number of phenolic OH excluding ortho intramolecular Hbond substituents is 1. The summed E-state index contributed by atoms with van der Waals surface area (Å²) in [6.45, 7) is 0. The number of hydrogen-bond acceptors (Lipinski definition) is 3. The zero-order valence-corrected chi connectivity index (χ0v) is 13.2. The predicted molar refractivity (Wildman–Crippen MR) is 93.0 cm³/mol. The second kappa shape index (κ2) is 5.96. The van der Waals surface area contributed by atoms with Crippen LogP contribution in [0.4, 0.5) is 0 Å². The summed E-state index contributed by atoms with van der Waals surface area (Å²) in [6, 6.07) is 15.3. The average Bonchev–Trinajstić information content (AvgIpc) is 2.62. The first-order chi connectivity index (χ1) is 11.7. The van der Waals surface area contributed by atoms with Crippen LogP contribution in [0, 0.1) is 0 Å². The number of aryl methyl sites for hydroxylation is 1. The van der Waals surface area contributed by atoms with Gasteiger partial charge in [0.1, 0.15) is 5.52 Å². The molecule has 120 valence electrons. The zero-order valence-electron chi connectivity index (χ0n) is 13.2. The molecule has 4 heteroatoms. The lowest BCUT2D eigenvalue weighted by Crippen LogP contribution is -2.31. The topological polar surface area (TPSA) is 62.2 Å². The smallest absolute Gasteiger partial charge is 0.255 e. The monoisotopic (exact) mass is 318 g/mol. The summed E-state index contributed by atoms with van der Waals surface area (Å²) >= 11 is 0. The van der Waals surface area contributed by atoms with Crippen molar-refractivity contribution in [2.24, 2.45) is 0 Å². The lowest BCUT2D eigenvalue weighted by atomic mass is 9.87. The number of benzene rings is 2. The molecule has 3 aromatic rings. The largest absolute Gasteiger partial charge is 0.505 e. The van der Waals surface area contributed by atoms with E-state index in [0.717, 1.165) is 24.6 Å². The van der Waals surface area contributed by atoms with Crippen molar-refractivity contribution in [2.75, 3.05) is 0 Å². The summed E-state index contributed by atoms with van der Waals surface area (Å²) in [5, 5.41) is 14.3. The molecule has 1 heterocycles. The molecule has 4 nitrogen and oxygen atoms in total. The van der Waals surface area contributed by atoms with Gasteiger partial charge in [0.2, 0.25) is 0 Å². The molecule has 2 aromatic carbocycles. The van der Waals surface area contributed by atoms with Crippen molar-refractivity contribution < 1.29 is 9.90 Å². The molecule has 0 spiro atoms. The van der Waals surface area contributed by atoms with Crippen molar-refractivity contribution in [3.8, 4) is 5.75 Å². The highest BCUT2D eigenvalue weighted by Gasteiger charge is 2.23. The van der Waals surface area contributed by atoms with Crippen LogP contribution in [0.25, 0.3) is 10.9 Å². The Hall–Kier alpha value is -2.88. The van der Waals surface area contributed by atoms with Crippen LogP contribution in [-0.4, -0.2) is 16.0 Å². The van der Waals surface area contributed by atoms with Crippen molar-refractivity contribution in [1.82, 2.24) is 10.3 Å². The molecule has 1 atom stereocenters. The molecule has 0 saturated heterocycles. The van der Waals surface area contributed by atoms with Gasteiger partial charge in [-0.3, -0.25) is 9.78 Å². The molecule has 0 aliphatic heterocycles. The Morgan fingerprint density at radius 2 is 2.00 bits per heavy atom.